The van der Waals surface area contributed by atoms with Crippen LogP contribution in [0.25, 0.3) is 0 Å². The maximum absolute atomic E-state index is 11.8. The fraction of sp³-hybridized carbons (Fsp3) is 0.625. The fourth-order valence-electron chi connectivity index (χ4n) is 2.55. The van der Waals surface area contributed by atoms with Gasteiger partial charge in [-0.15, -0.1) is 0 Å². The third-order valence-electron chi connectivity index (χ3n) is 3.64. The Hall–Kier alpha value is -0.910. The summed E-state index contributed by atoms with van der Waals surface area (Å²) in [5, 5.41) is 0. The van der Waals surface area contributed by atoms with Gasteiger partial charge in [-0.1, -0.05) is 49.6 Å². The van der Waals surface area contributed by atoms with Crippen molar-refractivity contribution < 1.29 is 17.3 Å². The normalized spacial score (nSPS) is 17.0. The lowest BCUT2D eigenvalue weighted by atomic mass is 9.98. The average molecular weight is 312 g/mol. The molecule has 1 fully saturated rings. The molecule has 0 unspecified atom stereocenters. The zero-order chi connectivity index (χ0) is 15.0. The molecule has 5 heteroatoms. The van der Waals surface area contributed by atoms with E-state index >= 15 is 0 Å². The van der Waals surface area contributed by atoms with Crippen LogP contribution in [0.5, 0.6) is 0 Å². The highest BCUT2D eigenvalue weighted by Gasteiger charge is 2.14. The molecule has 0 saturated heterocycles. The quantitative estimate of drug-likeness (QED) is 0.546. The first-order valence-corrected chi connectivity index (χ1v) is 9.26. The van der Waals surface area contributed by atoms with Crippen molar-refractivity contribution in [2.75, 3.05) is 13.2 Å². The molecule has 1 aromatic carbocycles. The number of hydrogen-bond donors (Lipinski definition) is 0. The molecular weight excluding hydrogens is 288 g/mol. The van der Waals surface area contributed by atoms with E-state index < -0.39 is 10.1 Å². The van der Waals surface area contributed by atoms with E-state index in [0.717, 1.165) is 18.4 Å². The Morgan fingerprint density at radius 1 is 1.00 bits per heavy atom. The summed E-state index contributed by atoms with van der Waals surface area (Å²) in [4.78, 5) is 0. The van der Waals surface area contributed by atoms with Crippen molar-refractivity contribution in [2.24, 2.45) is 0 Å². The van der Waals surface area contributed by atoms with Gasteiger partial charge in [0.05, 0.1) is 12.7 Å². The molecule has 0 heterocycles. The SMILES string of the molecule is O=S(=O)(Cc1ccccc1)OCCCOC1CCCCC1. The summed E-state index contributed by atoms with van der Waals surface area (Å²) in [6.07, 6.45) is 7.03. The van der Waals surface area contributed by atoms with Gasteiger partial charge in [0.25, 0.3) is 10.1 Å². The first kappa shape index (κ1) is 16.5. The minimum Gasteiger partial charge on any atom is -0.378 e. The van der Waals surface area contributed by atoms with Gasteiger partial charge in [0.2, 0.25) is 0 Å². The van der Waals surface area contributed by atoms with Crippen molar-refractivity contribution in [1.29, 1.82) is 0 Å². The van der Waals surface area contributed by atoms with Gasteiger partial charge in [0, 0.05) is 6.61 Å². The molecule has 2 rings (SSSR count). The fourth-order valence-corrected chi connectivity index (χ4v) is 3.60. The Bertz CT molecular complexity index is 492. The Morgan fingerprint density at radius 3 is 2.43 bits per heavy atom. The van der Waals surface area contributed by atoms with Gasteiger partial charge in [0.1, 0.15) is 5.75 Å². The molecule has 118 valence electrons. The number of hydrogen-bond acceptors (Lipinski definition) is 4. The van der Waals surface area contributed by atoms with Crippen LogP contribution >= 0.6 is 0 Å². The van der Waals surface area contributed by atoms with E-state index in [1.165, 1.54) is 19.3 Å². The summed E-state index contributed by atoms with van der Waals surface area (Å²) in [6, 6.07) is 9.07. The smallest absolute Gasteiger partial charge is 0.271 e. The number of ether oxygens (including phenoxy) is 1. The lowest BCUT2D eigenvalue weighted by Crippen LogP contribution is -2.18. The Balaban J connectivity index is 1.61. The van der Waals surface area contributed by atoms with E-state index in [-0.39, 0.29) is 12.4 Å². The van der Waals surface area contributed by atoms with Gasteiger partial charge < -0.3 is 4.74 Å². The van der Waals surface area contributed by atoms with Gasteiger partial charge in [-0.2, -0.15) is 8.42 Å². The van der Waals surface area contributed by atoms with E-state index in [4.69, 9.17) is 8.92 Å². The highest BCUT2D eigenvalue weighted by atomic mass is 32.2. The molecule has 21 heavy (non-hydrogen) atoms. The lowest BCUT2D eigenvalue weighted by molar-refractivity contribution is 0.0229. The van der Waals surface area contributed by atoms with Crippen molar-refractivity contribution in [1.82, 2.24) is 0 Å². The van der Waals surface area contributed by atoms with E-state index in [1.807, 2.05) is 18.2 Å². The molecule has 0 amide bonds. The van der Waals surface area contributed by atoms with Crippen LogP contribution in [0.15, 0.2) is 30.3 Å². The van der Waals surface area contributed by atoms with Crippen LogP contribution in [-0.4, -0.2) is 27.7 Å². The van der Waals surface area contributed by atoms with Crippen LogP contribution in [0.4, 0.5) is 0 Å². The first-order chi connectivity index (χ1) is 10.2. The topological polar surface area (TPSA) is 52.6 Å². The molecule has 0 aliphatic heterocycles. The maximum Gasteiger partial charge on any atom is 0.271 e. The van der Waals surface area contributed by atoms with Gasteiger partial charge in [-0.3, -0.25) is 4.18 Å². The summed E-state index contributed by atoms with van der Waals surface area (Å²) in [5.41, 5.74) is 0.746. The molecule has 0 bridgehead atoms. The van der Waals surface area contributed by atoms with Crippen LogP contribution in [0.3, 0.4) is 0 Å². The third-order valence-corrected chi connectivity index (χ3v) is 4.86. The molecule has 1 saturated carbocycles. The number of rotatable bonds is 8. The maximum atomic E-state index is 11.8. The van der Waals surface area contributed by atoms with Gasteiger partial charge in [-0.05, 0) is 24.8 Å². The van der Waals surface area contributed by atoms with Gasteiger partial charge in [-0.25, -0.2) is 0 Å². The van der Waals surface area contributed by atoms with E-state index in [1.54, 1.807) is 12.1 Å². The third kappa shape index (κ3) is 6.59. The van der Waals surface area contributed by atoms with Crippen molar-refractivity contribution >= 4 is 10.1 Å². The Kier molecular flexibility index (Phi) is 6.67. The molecule has 0 aromatic heterocycles. The minimum atomic E-state index is -3.50. The molecule has 0 spiro atoms. The van der Waals surface area contributed by atoms with E-state index in [0.29, 0.717) is 19.1 Å². The van der Waals surface area contributed by atoms with Crippen LogP contribution in [0, 0.1) is 0 Å². The van der Waals surface area contributed by atoms with E-state index in [2.05, 4.69) is 0 Å². The molecule has 0 atom stereocenters. The Labute approximate surface area is 127 Å². The second kappa shape index (κ2) is 8.51. The summed E-state index contributed by atoms with van der Waals surface area (Å²) in [6.45, 7) is 0.771. The predicted octanol–water partition coefficient (Wildman–Crippen LogP) is 3.27. The summed E-state index contributed by atoms with van der Waals surface area (Å²) in [5.74, 6) is -0.0721. The summed E-state index contributed by atoms with van der Waals surface area (Å²) in [7, 11) is -3.50. The van der Waals surface area contributed by atoms with Crippen molar-refractivity contribution in [3.8, 4) is 0 Å². The van der Waals surface area contributed by atoms with Crippen LogP contribution in [0.2, 0.25) is 0 Å². The first-order valence-electron chi connectivity index (χ1n) is 7.68. The highest BCUT2D eigenvalue weighted by Crippen LogP contribution is 2.20. The van der Waals surface area contributed by atoms with Crippen LogP contribution < -0.4 is 0 Å². The second-order valence-electron chi connectivity index (χ2n) is 5.49. The molecule has 0 N–H and O–H groups in total. The predicted molar refractivity (Wildman–Crippen MR) is 82.5 cm³/mol. The number of benzene rings is 1. The summed E-state index contributed by atoms with van der Waals surface area (Å²) >= 11 is 0. The van der Waals surface area contributed by atoms with Crippen LogP contribution in [-0.2, 0) is 24.8 Å². The molecule has 0 radical (unpaired) electrons. The molecule has 1 aliphatic rings. The minimum absolute atomic E-state index is 0.0721. The molecule has 1 aliphatic carbocycles. The second-order valence-corrected chi connectivity index (χ2v) is 7.13. The highest BCUT2D eigenvalue weighted by molar-refractivity contribution is 7.85. The molecular formula is C16H24O4S. The van der Waals surface area contributed by atoms with Crippen molar-refractivity contribution in [3.05, 3.63) is 35.9 Å². The van der Waals surface area contributed by atoms with Crippen LogP contribution in [0.1, 0.15) is 44.1 Å². The van der Waals surface area contributed by atoms with Crippen molar-refractivity contribution in [3.63, 3.8) is 0 Å². The summed E-state index contributed by atoms with van der Waals surface area (Å²) < 4.78 is 34.4. The Morgan fingerprint density at radius 2 is 1.71 bits per heavy atom. The lowest BCUT2D eigenvalue weighted by Gasteiger charge is -2.21. The average Bonchev–Trinajstić information content (AvgIpc) is 2.48. The van der Waals surface area contributed by atoms with Crippen molar-refractivity contribution in [2.45, 2.75) is 50.4 Å². The van der Waals surface area contributed by atoms with Gasteiger partial charge >= 0.3 is 0 Å². The largest absolute Gasteiger partial charge is 0.378 e. The van der Waals surface area contributed by atoms with E-state index in [9.17, 15) is 8.42 Å². The zero-order valence-corrected chi connectivity index (χ0v) is 13.2. The molecule has 1 aromatic rings. The standard InChI is InChI=1S/C16H24O4S/c17-21(18,14-15-8-3-1-4-9-15)20-13-7-12-19-16-10-5-2-6-11-16/h1,3-4,8-9,16H,2,5-7,10-14H2. The van der Waals surface area contributed by atoms with Gasteiger partial charge in [0.15, 0.2) is 0 Å². The zero-order valence-electron chi connectivity index (χ0n) is 12.4. The monoisotopic (exact) mass is 312 g/mol. The molecule has 4 nitrogen and oxygen atoms in total.